The third kappa shape index (κ3) is 3.26. The minimum Gasteiger partial charge on any atom is -0.296 e. The zero-order valence-electron chi connectivity index (χ0n) is 12.2. The summed E-state index contributed by atoms with van der Waals surface area (Å²) >= 11 is 8.93. The van der Waals surface area contributed by atoms with Gasteiger partial charge >= 0.3 is 0 Å². The van der Waals surface area contributed by atoms with Gasteiger partial charge in [0, 0.05) is 4.88 Å². The van der Waals surface area contributed by atoms with E-state index in [0.29, 0.717) is 16.2 Å². The molecule has 0 aromatic carbocycles. The molecule has 1 aliphatic rings. The summed E-state index contributed by atoms with van der Waals surface area (Å²) in [5, 5.41) is 4.18. The van der Waals surface area contributed by atoms with Gasteiger partial charge in [-0.05, 0) is 31.4 Å². The van der Waals surface area contributed by atoms with Crippen molar-refractivity contribution in [3.8, 4) is 0 Å². The minimum atomic E-state index is -0.346. The van der Waals surface area contributed by atoms with E-state index in [1.807, 2.05) is 6.26 Å². The third-order valence-electron chi connectivity index (χ3n) is 3.53. The zero-order valence-corrected chi connectivity index (χ0v) is 14.6. The maximum absolute atomic E-state index is 12.4. The second-order valence-corrected chi connectivity index (χ2v) is 7.51. The Hall–Kier alpha value is -1.18. The SMILES string of the molecule is CSc1ncc(Cl)c(C(=O)Nc2nc3c(s2)CC(C)CC3)n1. The molecule has 1 amide bonds. The Balaban J connectivity index is 1.80. The second-order valence-electron chi connectivity index (χ2n) is 5.24. The highest BCUT2D eigenvalue weighted by molar-refractivity contribution is 7.98. The summed E-state index contributed by atoms with van der Waals surface area (Å²) in [6, 6.07) is 0. The lowest BCUT2D eigenvalue weighted by molar-refractivity contribution is 0.102. The van der Waals surface area contributed by atoms with E-state index >= 15 is 0 Å². The van der Waals surface area contributed by atoms with Crippen LogP contribution in [-0.2, 0) is 12.8 Å². The van der Waals surface area contributed by atoms with Crippen molar-refractivity contribution in [2.75, 3.05) is 11.6 Å². The van der Waals surface area contributed by atoms with E-state index in [1.165, 1.54) is 22.8 Å². The van der Waals surface area contributed by atoms with Gasteiger partial charge in [-0.2, -0.15) is 0 Å². The third-order valence-corrected chi connectivity index (χ3v) is 5.40. The molecule has 0 saturated heterocycles. The summed E-state index contributed by atoms with van der Waals surface area (Å²) in [6.07, 6.45) is 6.46. The molecule has 2 aromatic heterocycles. The number of amides is 1. The molecule has 5 nitrogen and oxygen atoms in total. The van der Waals surface area contributed by atoms with Crippen LogP contribution < -0.4 is 5.32 Å². The fourth-order valence-corrected chi connectivity index (χ4v) is 4.04. The van der Waals surface area contributed by atoms with Crippen LogP contribution in [0, 0.1) is 5.92 Å². The van der Waals surface area contributed by atoms with Gasteiger partial charge < -0.3 is 0 Å². The first-order chi connectivity index (χ1) is 10.6. The number of hydrogen-bond acceptors (Lipinski definition) is 6. The first-order valence-corrected chi connectivity index (χ1v) is 9.35. The van der Waals surface area contributed by atoms with Crippen molar-refractivity contribution in [3.63, 3.8) is 0 Å². The Morgan fingerprint density at radius 1 is 1.50 bits per heavy atom. The molecule has 2 aromatic rings. The smallest absolute Gasteiger partial charge is 0.277 e. The molecule has 2 heterocycles. The monoisotopic (exact) mass is 354 g/mol. The van der Waals surface area contributed by atoms with Crippen LogP contribution in [0.4, 0.5) is 5.13 Å². The predicted molar refractivity (Wildman–Crippen MR) is 90.1 cm³/mol. The maximum atomic E-state index is 12.4. The Morgan fingerprint density at radius 3 is 3.09 bits per heavy atom. The van der Waals surface area contributed by atoms with Crippen molar-refractivity contribution in [1.82, 2.24) is 15.0 Å². The normalized spacial score (nSPS) is 17.1. The number of aromatic nitrogens is 3. The quantitative estimate of drug-likeness (QED) is 0.672. The Morgan fingerprint density at radius 2 is 2.32 bits per heavy atom. The number of halogens is 1. The van der Waals surface area contributed by atoms with Gasteiger partial charge in [0.05, 0.1) is 16.9 Å². The fourth-order valence-electron chi connectivity index (χ4n) is 2.36. The van der Waals surface area contributed by atoms with Gasteiger partial charge in [0.2, 0.25) is 0 Å². The van der Waals surface area contributed by atoms with Crippen LogP contribution >= 0.6 is 34.7 Å². The number of hydrogen-bond donors (Lipinski definition) is 1. The molecule has 0 spiro atoms. The molecule has 22 heavy (non-hydrogen) atoms. The van der Waals surface area contributed by atoms with Gasteiger partial charge in [-0.25, -0.2) is 15.0 Å². The Kier molecular flexibility index (Phi) is 4.65. The van der Waals surface area contributed by atoms with Crippen molar-refractivity contribution in [2.24, 2.45) is 5.92 Å². The number of nitrogens with zero attached hydrogens (tertiary/aromatic N) is 3. The van der Waals surface area contributed by atoms with Gasteiger partial charge in [0.25, 0.3) is 5.91 Å². The highest BCUT2D eigenvalue weighted by Crippen LogP contribution is 2.32. The summed E-state index contributed by atoms with van der Waals surface area (Å²) in [5.74, 6) is 0.332. The van der Waals surface area contributed by atoms with E-state index in [2.05, 4.69) is 27.2 Å². The number of anilines is 1. The number of thiazole rings is 1. The summed E-state index contributed by atoms with van der Waals surface area (Å²) in [4.78, 5) is 26.3. The van der Waals surface area contributed by atoms with Crippen LogP contribution in [0.15, 0.2) is 11.4 Å². The number of nitrogens with one attached hydrogen (secondary N) is 1. The molecular weight excluding hydrogens is 340 g/mol. The van der Waals surface area contributed by atoms with Gasteiger partial charge in [0.1, 0.15) is 0 Å². The zero-order chi connectivity index (χ0) is 15.7. The van der Waals surface area contributed by atoms with Crippen LogP contribution in [0.1, 0.15) is 34.4 Å². The standard InChI is InChI=1S/C14H15ClN4OS2/c1-7-3-4-9-10(5-7)22-14(17-9)19-12(20)11-8(15)6-16-13(18-11)21-2/h6-7H,3-5H2,1-2H3,(H,17,19,20). The molecule has 0 bridgehead atoms. The van der Waals surface area contributed by atoms with E-state index in [4.69, 9.17) is 11.6 Å². The molecule has 1 aliphatic carbocycles. The second kappa shape index (κ2) is 6.52. The molecule has 116 valence electrons. The average Bonchev–Trinajstić information content (AvgIpc) is 2.88. The number of thioether (sulfide) groups is 1. The molecule has 0 saturated carbocycles. The number of fused-ring (bicyclic) bond motifs is 1. The number of aryl methyl sites for hydroxylation is 1. The first kappa shape index (κ1) is 15.7. The molecule has 3 rings (SSSR count). The lowest BCUT2D eigenvalue weighted by Gasteiger charge is -2.15. The maximum Gasteiger partial charge on any atom is 0.277 e. The first-order valence-electron chi connectivity index (χ1n) is 6.93. The largest absolute Gasteiger partial charge is 0.296 e. The lowest BCUT2D eigenvalue weighted by atomic mass is 9.93. The Labute approximate surface area is 141 Å². The fraction of sp³-hybridized carbons (Fsp3) is 0.429. The van der Waals surface area contributed by atoms with Gasteiger partial charge in [-0.1, -0.05) is 30.3 Å². The molecule has 8 heteroatoms. The highest BCUT2D eigenvalue weighted by Gasteiger charge is 2.21. The topological polar surface area (TPSA) is 67.8 Å². The van der Waals surface area contributed by atoms with Crippen molar-refractivity contribution >= 4 is 45.7 Å². The van der Waals surface area contributed by atoms with Crippen molar-refractivity contribution < 1.29 is 4.79 Å². The number of carbonyl (C=O) groups excluding carboxylic acids is 1. The molecule has 0 aliphatic heterocycles. The average molecular weight is 355 g/mol. The predicted octanol–water partition coefficient (Wildman–Crippen LogP) is 3.69. The lowest BCUT2D eigenvalue weighted by Crippen LogP contribution is -2.15. The molecule has 1 atom stereocenters. The van der Waals surface area contributed by atoms with Gasteiger partial charge in [-0.3, -0.25) is 10.1 Å². The van der Waals surface area contributed by atoms with Crippen LogP contribution in [0.25, 0.3) is 0 Å². The van der Waals surface area contributed by atoms with Crippen molar-refractivity contribution in [1.29, 1.82) is 0 Å². The van der Waals surface area contributed by atoms with Crippen LogP contribution in [0.5, 0.6) is 0 Å². The molecule has 1 N–H and O–H groups in total. The summed E-state index contributed by atoms with van der Waals surface area (Å²) in [6.45, 7) is 2.24. The number of carbonyl (C=O) groups is 1. The number of rotatable bonds is 3. The molecule has 1 unspecified atom stereocenters. The summed E-state index contributed by atoms with van der Waals surface area (Å²) < 4.78 is 0. The van der Waals surface area contributed by atoms with Gasteiger partial charge in [-0.15, -0.1) is 11.3 Å². The van der Waals surface area contributed by atoms with E-state index in [-0.39, 0.29) is 16.6 Å². The molecular formula is C14H15ClN4OS2. The summed E-state index contributed by atoms with van der Waals surface area (Å²) in [7, 11) is 0. The highest BCUT2D eigenvalue weighted by atomic mass is 35.5. The Bertz CT molecular complexity index is 719. The van der Waals surface area contributed by atoms with Crippen molar-refractivity contribution in [3.05, 3.63) is 27.5 Å². The van der Waals surface area contributed by atoms with E-state index in [1.54, 1.807) is 11.3 Å². The molecule has 0 fully saturated rings. The van der Waals surface area contributed by atoms with Crippen molar-refractivity contribution in [2.45, 2.75) is 31.3 Å². The van der Waals surface area contributed by atoms with E-state index in [0.717, 1.165) is 25.0 Å². The molecule has 0 radical (unpaired) electrons. The van der Waals surface area contributed by atoms with Gasteiger partial charge in [0.15, 0.2) is 16.0 Å². The van der Waals surface area contributed by atoms with E-state index < -0.39 is 0 Å². The van der Waals surface area contributed by atoms with Crippen LogP contribution in [0.3, 0.4) is 0 Å². The minimum absolute atomic E-state index is 0.183. The van der Waals surface area contributed by atoms with Crippen LogP contribution in [-0.4, -0.2) is 27.1 Å². The summed E-state index contributed by atoms with van der Waals surface area (Å²) in [5.41, 5.74) is 1.29. The van der Waals surface area contributed by atoms with E-state index in [9.17, 15) is 4.79 Å². The van der Waals surface area contributed by atoms with Crippen LogP contribution in [0.2, 0.25) is 5.02 Å².